The lowest BCUT2D eigenvalue weighted by atomic mass is 9.93. The number of ether oxygens (including phenoxy) is 1. The van der Waals surface area contributed by atoms with Gasteiger partial charge >= 0.3 is 0 Å². The summed E-state index contributed by atoms with van der Waals surface area (Å²) in [5, 5.41) is 3.99. The Morgan fingerprint density at radius 2 is 1.90 bits per heavy atom. The summed E-state index contributed by atoms with van der Waals surface area (Å²) in [6.45, 7) is 8.09. The highest BCUT2D eigenvalue weighted by Crippen LogP contribution is 2.23. The van der Waals surface area contributed by atoms with Crippen LogP contribution in [0.5, 0.6) is 5.75 Å². The highest BCUT2D eigenvalue weighted by molar-refractivity contribution is 5.94. The Morgan fingerprint density at radius 1 is 1.25 bits per heavy atom. The van der Waals surface area contributed by atoms with Crippen molar-refractivity contribution < 1.29 is 14.1 Å². The molecule has 0 aliphatic rings. The number of ketones is 1. The lowest BCUT2D eigenvalue weighted by molar-refractivity contribution is 0.101. The predicted molar refractivity (Wildman–Crippen MR) is 76.0 cm³/mol. The first-order valence-electron chi connectivity index (χ1n) is 6.56. The van der Waals surface area contributed by atoms with Crippen molar-refractivity contribution in [1.29, 1.82) is 0 Å². The highest BCUT2D eigenvalue weighted by atomic mass is 16.5. The van der Waals surface area contributed by atoms with Crippen LogP contribution in [0.15, 0.2) is 34.9 Å². The summed E-state index contributed by atoms with van der Waals surface area (Å²) in [6, 6.07) is 8.97. The smallest absolute Gasteiger partial charge is 0.159 e. The number of hydrogen-bond acceptors (Lipinski definition) is 4. The lowest BCUT2D eigenvalue weighted by Gasteiger charge is -2.12. The molecular formula is C16H19NO3. The Hall–Kier alpha value is -2.10. The normalized spacial score (nSPS) is 11.4. The number of aromatic nitrogens is 1. The van der Waals surface area contributed by atoms with E-state index >= 15 is 0 Å². The van der Waals surface area contributed by atoms with E-state index in [1.165, 1.54) is 0 Å². The zero-order valence-corrected chi connectivity index (χ0v) is 12.3. The van der Waals surface area contributed by atoms with Gasteiger partial charge in [-0.2, -0.15) is 0 Å². The summed E-state index contributed by atoms with van der Waals surface area (Å²) in [4.78, 5) is 11.2. The molecule has 0 bridgehead atoms. The topological polar surface area (TPSA) is 52.3 Å². The minimum Gasteiger partial charge on any atom is -0.487 e. The molecule has 20 heavy (non-hydrogen) atoms. The van der Waals surface area contributed by atoms with Gasteiger partial charge in [-0.25, -0.2) is 0 Å². The molecule has 0 radical (unpaired) electrons. The number of benzene rings is 1. The largest absolute Gasteiger partial charge is 0.487 e. The first-order valence-corrected chi connectivity index (χ1v) is 6.56. The monoisotopic (exact) mass is 273 g/mol. The van der Waals surface area contributed by atoms with Crippen LogP contribution >= 0.6 is 0 Å². The maximum Gasteiger partial charge on any atom is 0.159 e. The maximum absolute atomic E-state index is 11.2. The standard InChI is InChI=1S/C16H19NO3/c1-11(18)12-5-7-14(8-6-12)19-10-13-9-15(20-17-13)16(2,3)4/h5-9H,10H2,1-4H3. The minimum absolute atomic E-state index is 0.0443. The molecule has 1 aromatic heterocycles. The first kappa shape index (κ1) is 14.3. The second-order valence-corrected chi connectivity index (χ2v) is 5.80. The number of hydrogen-bond donors (Lipinski definition) is 0. The molecule has 0 aliphatic carbocycles. The van der Waals surface area contributed by atoms with Gasteiger partial charge in [-0.1, -0.05) is 25.9 Å². The van der Waals surface area contributed by atoms with Crippen molar-refractivity contribution in [2.45, 2.75) is 39.7 Å². The third-order valence-electron chi connectivity index (χ3n) is 2.95. The van der Waals surface area contributed by atoms with Crippen LogP contribution in [-0.4, -0.2) is 10.9 Å². The molecule has 106 valence electrons. The molecule has 0 saturated heterocycles. The summed E-state index contributed by atoms with van der Waals surface area (Å²) in [7, 11) is 0. The average Bonchev–Trinajstić information content (AvgIpc) is 2.85. The fraction of sp³-hybridized carbons (Fsp3) is 0.375. The quantitative estimate of drug-likeness (QED) is 0.796. The molecule has 4 nitrogen and oxygen atoms in total. The van der Waals surface area contributed by atoms with Crippen molar-refractivity contribution in [1.82, 2.24) is 5.16 Å². The van der Waals surface area contributed by atoms with E-state index in [9.17, 15) is 4.79 Å². The molecule has 0 saturated carbocycles. The van der Waals surface area contributed by atoms with E-state index in [0.29, 0.717) is 17.9 Å². The van der Waals surface area contributed by atoms with Crippen molar-refractivity contribution in [2.75, 3.05) is 0 Å². The molecular weight excluding hydrogens is 254 g/mol. The van der Waals surface area contributed by atoms with Gasteiger partial charge in [0.05, 0.1) is 0 Å². The molecule has 0 aliphatic heterocycles. The molecule has 0 atom stereocenters. The van der Waals surface area contributed by atoms with Crippen molar-refractivity contribution in [3.63, 3.8) is 0 Å². The number of carbonyl (C=O) groups is 1. The molecule has 1 aromatic carbocycles. The van der Waals surface area contributed by atoms with Gasteiger partial charge in [0.2, 0.25) is 0 Å². The Morgan fingerprint density at radius 3 is 2.40 bits per heavy atom. The maximum atomic E-state index is 11.2. The second-order valence-electron chi connectivity index (χ2n) is 5.80. The van der Waals surface area contributed by atoms with Crippen LogP contribution in [0.3, 0.4) is 0 Å². The number of carbonyl (C=O) groups excluding carboxylic acids is 1. The molecule has 2 aromatic rings. The van der Waals surface area contributed by atoms with Gasteiger partial charge in [0.15, 0.2) is 5.78 Å². The van der Waals surface area contributed by atoms with Gasteiger partial charge in [-0.3, -0.25) is 4.79 Å². The lowest BCUT2D eigenvalue weighted by Crippen LogP contribution is -2.09. The predicted octanol–water partition coefficient (Wildman–Crippen LogP) is 3.75. The number of nitrogens with zero attached hydrogens (tertiary/aromatic N) is 1. The Labute approximate surface area is 118 Å². The van der Waals surface area contributed by atoms with Crippen LogP contribution in [0.1, 0.15) is 49.5 Å². The third-order valence-corrected chi connectivity index (χ3v) is 2.95. The minimum atomic E-state index is -0.0611. The SMILES string of the molecule is CC(=O)c1ccc(OCc2cc(C(C)(C)C)on2)cc1. The van der Waals surface area contributed by atoms with E-state index in [2.05, 4.69) is 25.9 Å². The summed E-state index contributed by atoms with van der Waals surface area (Å²) in [5.41, 5.74) is 1.37. The Bertz CT molecular complexity index is 591. The summed E-state index contributed by atoms with van der Waals surface area (Å²) >= 11 is 0. The van der Waals surface area contributed by atoms with Crippen LogP contribution in [0.2, 0.25) is 0 Å². The van der Waals surface area contributed by atoms with Gasteiger partial charge in [-0.15, -0.1) is 0 Å². The van der Waals surface area contributed by atoms with E-state index in [1.807, 2.05) is 6.07 Å². The van der Waals surface area contributed by atoms with Crippen molar-refractivity contribution >= 4 is 5.78 Å². The van der Waals surface area contributed by atoms with E-state index in [-0.39, 0.29) is 11.2 Å². The van der Waals surface area contributed by atoms with E-state index in [1.54, 1.807) is 31.2 Å². The van der Waals surface area contributed by atoms with Gasteiger partial charge < -0.3 is 9.26 Å². The van der Waals surface area contributed by atoms with Crippen molar-refractivity contribution in [2.24, 2.45) is 0 Å². The van der Waals surface area contributed by atoms with Crippen LogP contribution in [-0.2, 0) is 12.0 Å². The molecule has 0 unspecified atom stereocenters. The Balaban J connectivity index is 1.98. The van der Waals surface area contributed by atoms with Gasteiger partial charge in [0.25, 0.3) is 0 Å². The van der Waals surface area contributed by atoms with Crippen LogP contribution in [0, 0.1) is 0 Å². The molecule has 0 spiro atoms. The van der Waals surface area contributed by atoms with Crippen LogP contribution in [0.4, 0.5) is 0 Å². The third kappa shape index (κ3) is 3.47. The molecule has 2 rings (SSSR count). The number of rotatable bonds is 4. The first-order chi connectivity index (χ1) is 9.36. The van der Waals surface area contributed by atoms with Crippen molar-refractivity contribution in [3.8, 4) is 5.75 Å². The molecule has 0 fully saturated rings. The van der Waals surface area contributed by atoms with Gasteiger partial charge in [0.1, 0.15) is 23.8 Å². The fourth-order valence-corrected chi connectivity index (χ4v) is 1.68. The summed E-state index contributed by atoms with van der Waals surface area (Å²) < 4.78 is 10.9. The van der Waals surface area contributed by atoms with Crippen molar-refractivity contribution in [3.05, 3.63) is 47.3 Å². The molecule has 1 heterocycles. The summed E-state index contributed by atoms with van der Waals surface area (Å²) in [6.07, 6.45) is 0. The van der Waals surface area contributed by atoms with E-state index < -0.39 is 0 Å². The van der Waals surface area contributed by atoms with Crippen LogP contribution < -0.4 is 4.74 Å². The highest BCUT2D eigenvalue weighted by Gasteiger charge is 2.19. The second kappa shape index (κ2) is 5.49. The average molecular weight is 273 g/mol. The Kier molecular flexibility index (Phi) is 3.93. The van der Waals surface area contributed by atoms with E-state index in [0.717, 1.165) is 11.5 Å². The zero-order chi connectivity index (χ0) is 14.8. The van der Waals surface area contributed by atoms with Crippen LogP contribution in [0.25, 0.3) is 0 Å². The van der Waals surface area contributed by atoms with E-state index in [4.69, 9.17) is 9.26 Å². The number of Topliss-reactive ketones (excluding diaryl/α,β-unsaturated/α-hetero) is 1. The fourth-order valence-electron chi connectivity index (χ4n) is 1.68. The molecule has 0 amide bonds. The summed E-state index contributed by atoms with van der Waals surface area (Å²) in [5.74, 6) is 1.58. The van der Waals surface area contributed by atoms with Gasteiger partial charge in [-0.05, 0) is 31.2 Å². The van der Waals surface area contributed by atoms with Gasteiger partial charge in [0, 0.05) is 17.0 Å². The molecule has 0 N–H and O–H groups in total. The molecule has 4 heteroatoms. The zero-order valence-electron chi connectivity index (χ0n) is 12.3.